The van der Waals surface area contributed by atoms with Crippen LogP contribution < -0.4 is 10.1 Å². The molecule has 0 saturated heterocycles. The van der Waals surface area contributed by atoms with E-state index < -0.39 is 10.8 Å². The van der Waals surface area contributed by atoms with Gasteiger partial charge >= 0.3 is 0 Å². The topological polar surface area (TPSA) is 81.5 Å². The summed E-state index contributed by atoms with van der Waals surface area (Å²) in [6.45, 7) is 3.18. The van der Waals surface area contributed by atoms with Crippen molar-refractivity contribution >= 4 is 40.5 Å². The molecule has 2 aromatic rings. The summed E-state index contributed by atoms with van der Waals surface area (Å²) in [5.74, 6) is -0.194. The zero-order valence-electron chi connectivity index (χ0n) is 12.9. The second kappa shape index (κ2) is 7.51. The minimum atomic E-state index is -0.542. The van der Waals surface area contributed by atoms with E-state index in [9.17, 15) is 14.9 Å². The van der Waals surface area contributed by atoms with Gasteiger partial charge in [0.1, 0.15) is 11.4 Å². The molecule has 0 unspecified atom stereocenters. The number of hydrogen-bond acceptors (Lipinski definition) is 4. The van der Waals surface area contributed by atoms with Crippen molar-refractivity contribution < 1.29 is 14.5 Å². The second-order valence-corrected chi connectivity index (χ2v) is 5.97. The maximum absolute atomic E-state index is 12.1. The zero-order chi connectivity index (χ0) is 17.9. The van der Waals surface area contributed by atoms with Crippen LogP contribution in [0.2, 0.25) is 10.0 Å². The van der Waals surface area contributed by atoms with Gasteiger partial charge in [0, 0.05) is 16.1 Å². The molecule has 0 aliphatic heterocycles. The van der Waals surface area contributed by atoms with Crippen molar-refractivity contribution in [1.82, 2.24) is 0 Å². The van der Waals surface area contributed by atoms with Crippen LogP contribution in [0, 0.1) is 24.0 Å². The SMILES string of the molecule is Cc1ccc([N+](=O)[O-])c(NC(=O)COc2cc(Cl)cc(Cl)c2)c1C. The summed E-state index contributed by atoms with van der Waals surface area (Å²) in [4.78, 5) is 22.6. The minimum absolute atomic E-state index is 0.165. The lowest BCUT2D eigenvalue weighted by Crippen LogP contribution is -2.21. The molecule has 8 heteroatoms. The highest BCUT2D eigenvalue weighted by molar-refractivity contribution is 6.34. The number of hydrogen-bond donors (Lipinski definition) is 1. The largest absolute Gasteiger partial charge is 0.484 e. The van der Waals surface area contributed by atoms with Crippen molar-refractivity contribution in [2.45, 2.75) is 13.8 Å². The van der Waals surface area contributed by atoms with E-state index in [-0.39, 0.29) is 18.0 Å². The zero-order valence-corrected chi connectivity index (χ0v) is 14.4. The second-order valence-electron chi connectivity index (χ2n) is 5.10. The van der Waals surface area contributed by atoms with Gasteiger partial charge in [-0.2, -0.15) is 0 Å². The van der Waals surface area contributed by atoms with E-state index in [0.717, 1.165) is 5.56 Å². The number of rotatable bonds is 5. The van der Waals surface area contributed by atoms with Crippen molar-refractivity contribution in [3.05, 3.63) is 61.6 Å². The molecule has 0 aliphatic carbocycles. The molecule has 0 aromatic heterocycles. The highest BCUT2D eigenvalue weighted by Crippen LogP contribution is 2.30. The molecule has 2 rings (SSSR count). The fourth-order valence-corrected chi connectivity index (χ4v) is 2.55. The third-order valence-corrected chi connectivity index (χ3v) is 3.82. The quantitative estimate of drug-likeness (QED) is 0.620. The minimum Gasteiger partial charge on any atom is -0.484 e. The number of aryl methyl sites for hydroxylation is 1. The van der Waals surface area contributed by atoms with Crippen LogP contribution in [-0.4, -0.2) is 17.4 Å². The Bertz CT molecular complexity index is 789. The Labute approximate surface area is 148 Å². The van der Waals surface area contributed by atoms with Gasteiger partial charge in [-0.05, 0) is 43.2 Å². The van der Waals surface area contributed by atoms with Crippen LogP contribution in [0.3, 0.4) is 0 Å². The molecule has 1 amide bonds. The molecule has 0 saturated carbocycles. The van der Waals surface area contributed by atoms with Gasteiger partial charge < -0.3 is 10.1 Å². The van der Waals surface area contributed by atoms with Crippen molar-refractivity contribution in [3.8, 4) is 5.75 Å². The van der Waals surface area contributed by atoms with E-state index in [1.54, 1.807) is 19.9 Å². The van der Waals surface area contributed by atoms with Gasteiger partial charge in [0.2, 0.25) is 0 Å². The van der Waals surface area contributed by atoms with E-state index in [1.165, 1.54) is 24.3 Å². The Morgan fingerprint density at radius 1 is 1.21 bits per heavy atom. The predicted octanol–water partition coefficient (Wildman–Crippen LogP) is 4.54. The van der Waals surface area contributed by atoms with Gasteiger partial charge in [0.15, 0.2) is 6.61 Å². The lowest BCUT2D eigenvalue weighted by atomic mass is 10.1. The summed E-state index contributed by atoms with van der Waals surface area (Å²) in [6, 6.07) is 7.56. The molecule has 0 spiro atoms. The first kappa shape index (κ1) is 18.0. The fraction of sp³-hybridized carbons (Fsp3) is 0.188. The Morgan fingerprint density at radius 2 is 1.83 bits per heavy atom. The van der Waals surface area contributed by atoms with E-state index in [1.807, 2.05) is 0 Å². The van der Waals surface area contributed by atoms with Crippen LogP contribution in [0.25, 0.3) is 0 Å². The van der Waals surface area contributed by atoms with Crippen LogP contribution in [-0.2, 0) is 4.79 Å². The molecule has 0 aliphatic rings. The number of halogens is 2. The number of carbonyl (C=O) groups excluding carboxylic acids is 1. The molecule has 0 heterocycles. The van der Waals surface area contributed by atoms with E-state index >= 15 is 0 Å². The fourth-order valence-electron chi connectivity index (χ4n) is 2.05. The van der Waals surface area contributed by atoms with E-state index in [0.29, 0.717) is 21.4 Å². The summed E-state index contributed by atoms with van der Waals surface area (Å²) >= 11 is 11.7. The molecule has 6 nitrogen and oxygen atoms in total. The number of nitro benzene ring substituents is 1. The standard InChI is InChI=1S/C16H14Cl2N2O4/c1-9-3-4-14(20(22)23)16(10(9)2)19-15(21)8-24-13-6-11(17)5-12(18)7-13/h3-7H,8H2,1-2H3,(H,19,21). The van der Waals surface area contributed by atoms with Gasteiger partial charge in [-0.25, -0.2) is 0 Å². The molecule has 2 aromatic carbocycles. The summed E-state index contributed by atoms with van der Waals surface area (Å²) in [7, 11) is 0. The molecule has 0 bridgehead atoms. The van der Waals surface area contributed by atoms with Crippen molar-refractivity contribution in [2.75, 3.05) is 11.9 Å². The average molecular weight is 369 g/mol. The molecule has 0 radical (unpaired) electrons. The number of benzene rings is 2. The summed E-state index contributed by atoms with van der Waals surface area (Å²) in [5.41, 5.74) is 1.46. The number of amides is 1. The first-order chi connectivity index (χ1) is 11.3. The number of nitrogens with one attached hydrogen (secondary N) is 1. The number of anilines is 1. The van der Waals surface area contributed by atoms with Crippen LogP contribution in [0.4, 0.5) is 11.4 Å². The molecular weight excluding hydrogens is 355 g/mol. The summed E-state index contributed by atoms with van der Waals surface area (Å²) < 4.78 is 5.32. The normalized spacial score (nSPS) is 10.3. The van der Waals surface area contributed by atoms with E-state index in [2.05, 4.69) is 5.32 Å². The maximum Gasteiger partial charge on any atom is 0.293 e. The lowest BCUT2D eigenvalue weighted by Gasteiger charge is -2.12. The number of nitrogens with zero attached hydrogens (tertiary/aromatic N) is 1. The van der Waals surface area contributed by atoms with E-state index in [4.69, 9.17) is 27.9 Å². The molecule has 126 valence electrons. The monoisotopic (exact) mass is 368 g/mol. The number of ether oxygens (including phenoxy) is 1. The maximum atomic E-state index is 12.1. The summed E-state index contributed by atoms with van der Waals surface area (Å²) in [6.07, 6.45) is 0. The Kier molecular flexibility index (Phi) is 5.64. The molecule has 0 atom stereocenters. The molecule has 1 N–H and O–H groups in total. The summed E-state index contributed by atoms with van der Waals surface area (Å²) in [5, 5.41) is 14.4. The third-order valence-electron chi connectivity index (χ3n) is 3.38. The van der Waals surface area contributed by atoms with Crippen LogP contribution >= 0.6 is 23.2 Å². The molecule has 0 fully saturated rings. The molecular formula is C16H14Cl2N2O4. The van der Waals surface area contributed by atoms with Crippen molar-refractivity contribution in [1.29, 1.82) is 0 Å². The van der Waals surface area contributed by atoms with Gasteiger partial charge in [-0.1, -0.05) is 29.3 Å². The van der Waals surface area contributed by atoms with Crippen molar-refractivity contribution in [3.63, 3.8) is 0 Å². The van der Waals surface area contributed by atoms with Crippen molar-refractivity contribution in [2.24, 2.45) is 0 Å². The van der Waals surface area contributed by atoms with Crippen LogP contribution in [0.1, 0.15) is 11.1 Å². The Balaban J connectivity index is 2.12. The first-order valence-electron chi connectivity index (χ1n) is 6.91. The number of nitro groups is 1. The highest BCUT2D eigenvalue weighted by atomic mass is 35.5. The first-order valence-corrected chi connectivity index (χ1v) is 7.67. The molecule has 24 heavy (non-hydrogen) atoms. The van der Waals surface area contributed by atoms with Crippen LogP contribution in [0.5, 0.6) is 5.75 Å². The van der Waals surface area contributed by atoms with Gasteiger partial charge in [0.05, 0.1) is 4.92 Å². The van der Waals surface area contributed by atoms with Gasteiger partial charge in [-0.15, -0.1) is 0 Å². The smallest absolute Gasteiger partial charge is 0.293 e. The predicted molar refractivity (Wildman–Crippen MR) is 93.2 cm³/mol. The van der Waals surface area contributed by atoms with Gasteiger partial charge in [-0.3, -0.25) is 14.9 Å². The average Bonchev–Trinajstić information content (AvgIpc) is 2.48. The Hall–Kier alpha value is -2.31. The highest BCUT2D eigenvalue weighted by Gasteiger charge is 2.19. The van der Waals surface area contributed by atoms with Gasteiger partial charge in [0.25, 0.3) is 11.6 Å². The Morgan fingerprint density at radius 3 is 2.42 bits per heavy atom. The van der Waals surface area contributed by atoms with Crippen LogP contribution in [0.15, 0.2) is 30.3 Å². The third kappa shape index (κ3) is 4.37. The number of carbonyl (C=O) groups is 1. The lowest BCUT2D eigenvalue weighted by molar-refractivity contribution is -0.384.